The second kappa shape index (κ2) is 9.64. The Morgan fingerprint density at radius 2 is 1.75 bits per heavy atom. The number of hydrogen-bond acceptors (Lipinski definition) is 3. The smallest absolute Gasteiger partial charge is 0.259 e. The zero-order chi connectivity index (χ0) is 22.5. The summed E-state index contributed by atoms with van der Waals surface area (Å²) >= 11 is 0. The number of aromatic nitrogens is 2. The maximum atomic E-state index is 12.6. The van der Waals surface area contributed by atoms with Crippen molar-refractivity contribution in [2.75, 3.05) is 20.1 Å². The molecule has 6 heteroatoms. The molecular formula is C26H28N4O2. The van der Waals surface area contributed by atoms with Gasteiger partial charge in [-0.25, -0.2) is 0 Å². The maximum Gasteiger partial charge on any atom is 0.259 e. The summed E-state index contributed by atoms with van der Waals surface area (Å²) in [5.41, 5.74) is 5.22. The van der Waals surface area contributed by atoms with Gasteiger partial charge in [0.25, 0.3) is 5.91 Å². The number of hydrogen-bond donors (Lipinski definition) is 1. The molecule has 2 heterocycles. The number of nitrogens with zero attached hydrogens (tertiary/aromatic N) is 3. The van der Waals surface area contributed by atoms with Crippen molar-refractivity contribution in [3.05, 3.63) is 84.1 Å². The fourth-order valence-electron chi connectivity index (χ4n) is 3.97. The van der Waals surface area contributed by atoms with Crippen LogP contribution in [0.15, 0.2) is 67.2 Å². The minimum absolute atomic E-state index is 0.0270. The van der Waals surface area contributed by atoms with Crippen LogP contribution in [0, 0.1) is 0 Å². The Morgan fingerprint density at radius 1 is 1.03 bits per heavy atom. The van der Waals surface area contributed by atoms with Crippen LogP contribution >= 0.6 is 0 Å². The van der Waals surface area contributed by atoms with E-state index >= 15 is 0 Å². The SMILES string of the molecule is C=C1c2ccccc2C(=O)N1CC(=O)N(C)CCCCCc1cc(-c2ccccc2)n[nH]1. The predicted molar refractivity (Wildman–Crippen MR) is 126 cm³/mol. The molecule has 0 fully saturated rings. The fraction of sp³-hybridized carbons (Fsp3) is 0.269. The van der Waals surface area contributed by atoms with Crippen LogP contribution in [0.2, 0.25) is 0 Å². The molecule has 0 atom stereocenters. The van der Waals surface area contributed by atoms with E-state index in [9.17, 15) is 9.59 Å². The molecule has 1 aromatic heterocycles. The first-order valence-corrected chi connectivity index (χ1v) is 11.0. The average molecular weight is 429 g/mol. The van der Waals surface area contributed by atoms with Gasteiger partial charge in [0.1, 0.15) is 6.54 Å². The minimum Gasteiger partial charge on any atom is -0.344 e. The third-order valence-corrected chi connectivity index (χ3v) is 5.90. The van der Waals surface area contributed by atoms with Crippen molar-refractivity contribution >= 4 is 17.5 Å². The van der Waals surface area contributed by atoms with E-state index in [-0.39, 0.29) is 18.4 Å². The van der Waals surface area contributed by atoms with Crippen molar-refractivity contribution in [1.82, 2.24) is 20.0 Å². The molecule has 1 aliphatic heterocycles. The standard InChI is InChI=1S/C26H28N4O2/c1-19-22-14-8-9-15-23(22)26(32)30(19)18-25(31)29(2)16-10-4-7-13-21-17-24(28-27-21)20-11-5-3-6-12-20/h3,5-6,8-9,11-12,14-15,17H,1,4,7,10,13,16,18H2,2H3,(H,27,28). The Morgan fingerprint density at radius 3 is 2.50 bits per heavy atom. The van der Waals surface area contributed by atoms with Crippen molar-refractivity contribution in [2.45, 2.75) is 25.7 Å². The molecule has 32 heavy (non-hydrogen) atoms. The summed E-state index contributed by atoms with van der Waals surface area (Å²) in [6, 6.07) is 19.6. The molecule has 2 amide bonds. The molecule has 3 aromatic rings. The van der Waals surface area contributed by atoms with E-state index < -0.39 is 0 Å². The number of amides is 2. The molecule has 1 aliphatic rings. The number of aromatic amines is 1. The van der Waals surface area contributed by atoms with Crippen molar-refractivity contribution in [3.63, 3.8) is 0 Å². The molecular weight excluding hydrogens is 400 g/mol. The van der Waals surface area contributed by atoms with Crippen LogP contribution < -0.4 is 0 Å². The summed E-state index contributed by atoms with van der Waals surface area (Å²) < 4.78 is 0. The van der Waals surface area contributed by atoms with Crippen LogP contribution in [0.5, 0.6) is 0 Å². The van der Waals surface area contributed by atoms with Gasteiger partial charge < -0.3 is 4.90 Å². The first-order chi connectivity index (χ1) is 15.5. The Labute approximate surface area is 188 Å². The average Bonchev–Trinajstić information content (AvgIpc) is 3.39. The summed E-state index contributed by atoms with van der Waals surface area (Å²) in [4.78, 5) is 28.4. The van der Waals surface area contributed by atoms with E-state index in [0.717, 1.165) is 48.2 Å². The van der Waals surface area contributed by atoms with E-state index in [1.807, 2.05) is 36.4 Å². The molecule has 0 saturated heterocycles. The highest BCUT2D eigenvalue weighted by molar-refractivity contribution is 6.10. The number of carbonyl (C=O) groups is 2. The Hall–Kier alpha value is -3.67. The molecule has 0 aliphatic carbocycles. The van der Waals surface area contributed by atoms with Gasteiger partial charge in [0, 0.05) is 41.7 Å². The number of carbonyl (C=O) groups excluding carboxylic acids is 2. The Kier molecular flexibility index (Phi) is 6.50. The lowest BCUT2D eigenvalue weighted by Crippen LogP contribution is -2.38. The molecule has 6 nitrogen and oxygen atoms in total. The molecule has 0 unspecified atom stereocenters. The van der Waals surface area contributed by atoms with Gasteiger partial charge in [-0.05, 0) is 31.4 Å². The summed E-state index contributed by atoms with van der Waals surface area (Å²) in [6.45, 7) is 4.69. The van der Waals surface area contributed by atoms with Gasteiger partial charge in [-0.15, -0.1) is 0 Å². The Bertz CT molecular complexity index is 1080. The lowest BCUT2D eigenvalue weighted by molar-refractivity contribution is -0.130. The highest BCUT2D eigenvalue weighted by Crippen LogP contribution is 2.30. The molecule has 1 N–H and O–H groups in total. The van der Waals surface area contributed by atoms with Crippen molar-refractivity contribution < 1.29 is 9.59 Å². The lowest BCUT2D eigenvalue weighted by atomic mass is 10.1. The zero-order valence-corrected chi connectivity index (χ0v) is 18.4. The first-order valence-electron chi connectivity index (χ1n) is 11.0. The number of H-pyrrole nitrogens is 1. The molecule has 164 valence electrons. The normalized spacial score (nSPS) is 12.8. The third-order valence-electron chi connectivity index (χ3n) is 5.90. The van der Waals surface area contributed by atoms with Gasteiger partial charge in [-0.2, -0.15) is 5.10 Å². The van der Waals surface area contributed by atoms with Crippen molar-refractivity contribution in [2.24, 2.45) is 0 Å². The van der Waals surface area contributed by atoms with Crippen molar-refractivity contribution in [3.8, 4) is 11.3 Å². The molecule has 0 spiro atoms. The summed E-state index contributed by atoms with van der Waals surface area (Å²) in [7, 11) is 1.79. The number of fused-ring (bicyclic) bond motifs is 1. The number of nitrogens with one attached hydrogen (secondary N) is 1. The summed E-state index contributed by atoms with van der Waals surface area (Å²) in [5, 5.41) is 7.51. The predicted octanol–water partition coefficient (Wildman–Crippen LogP) is 4.37. The third kappa shape index (κ3) is 4.64. The molecule has 4 rings (SSSR count). The van der Waals surface area contributed by atoms with Crippen LogP contribution in [0.25, 0.3) is 17.0 Å². The van der Waals surface area contributed by atoms with Crippen LogP contribution in [0.4, 0.5) is 0 Å². The van der Waals surface area contributed by atoms with E-state index in [1.165, 1.54) is 4.90 Å². The second-order valence-electron chi connectivity index (χ2n) is 8.15. The van der Waals surface area contributed by atoms with Gasteiger partial charge in [-0.1, -0.05) is 61.5 Å². The molecule has 0 radical (unpaired) electrons. The van der Waals surface area contributed by atoms with Crippen LogP contribution in [0.3, 0.4) is 0 Å². The van der Waals surface area contributed by atoms with E-state index in [2.05, 4.69) is 35.0 Å². The van der Waals surface area contributed by atoms with Gasteiger partial charge in [-0.3, -0.25) is 19.6 Å². The van der Waals surface area contributed by atoms with E-state index in [4.69, 9.17) is 0 Å². The number of unbranched alkanes of at least 4 members (excludes halogenated alkanes) is 2. The largest absolute Gasteiger partial charge is 0.344 e. The zero-order valence-electron chi connectivity index (χ0n) is 18.4. The van der Waals surface area contributed by atoms with Gasteiger partial charge in [0.2, 0.25) is 5.91 Å². The highest BCUT2D eigenvalue weighted by atomic mass is 16.2. The van der Waals surface area contributed by atoms with E-state index in [1.54, 1.807) is 18.0 Å². The van der Waals surface area contributed by atoms with Crippen LogP contribution in [-0.2, 0) is 11.2 Å². The Balaban J connectivity index is 1.18. The van der Waals surface area contributed by atoms with Crippen LogP contribution in [0.1, 0.15) is 40.9 Å². The summed E-state index contributed by atoms with van der Waals surface area (Å²) in [6.07, 6.45) is 3.88. The number of likely N-dealkylation sites (N-methyl/N-ethyl adjacent to an activating group) is 1. The van der Waals surface area contributed by atoms with Gasteiger partial charge in [0.15, 0.2) is 0 Å². The maximum absolute atomic E-state index is 12.6. The fourth-order valence-corrected chi connectivity index (χ4v) is 3.97. The topological polar surface area (TPSA) is 69.3 Å². The quantitative estimate of drug-likeness (QED) is 0.515. The molecule has 0 bridgehead atoms. The molecule has 0 saturated carbocycles. The van der Waals surface area contributed by atoms with Gasteiger partial charge in [0.05, 0.1) is 5.69 Å². The number of aryl methyl sites for hydroxylation is 1. The number of benzene rings is 2. The first kappa shape index (κ1) is 21.6. The summed E-state index contributed by atoms with van der Waals surface area (Å²) in [5.74, 6) is -0.227. The lowest BCUT2D eigenvalue weighted by Gasteiger charge is -2.22. The highest BCUT2D eigenvalue weighted by Gasteiger charge is 2.32. The number of rotatable bonds is 9. The monoisotopic (exact) mass is 428 g/mol. The van der Waals surface area contributed by atoms with Gasteiger partial charge >= 0.3 is 0 Å². The van der Waals surface area contributed by atoms with E-state index in [0.29, 0.717) is 17.8 Å². The second-order valence-corrected chi connectivity index (χ2v) is 8.15. The molecule has 2 aromatic carbocycles. The minimum atomic E-state index is -0.151. The van der Waals surface area contributed by atoms with Crippen LogP contribution in [-0.4, -0.2) is 51.9 Å². The van der Waals surface area contributed by atoms with Crippen molar-refractivity contribution in [1.29, 1.82) is 0 Å².